The molecule has 0 spiro atoms. The summed E-state index contributed by atoms with van der Waals surface area (Å²) in [4.78, 5) is 5.39. The van der Waals surface area contributed by atoms with Gasteiger partial charge in [-0.1, -0.05) is 6.07 Å². The van der Waals surface area contributed by atoms with Gasteiger partial charge < -0.3 is 4.90 Å². The Balaban J connectivity index is 2.19. The zero-order valence-electron chi connectivity index (χ0n) is 8.34. The summed E-state index contributed by atoms with van der Waals surface area (Å²) in [6, 6.07) is 4.98. The second kappa shape index (κ2) is 4.24. The Labute approximate surface area is 99.6 Å². The first kappa shape index (κ1) is 11.7. The minimum atomic E-state index is -4.19. The first-order valence-corrected chi connectivity index (χ1v) is 5.71. The molecule has 1 aromatic heterocycles. The molecule has 2 rings (SSSR count). The van der Waals surface area contributed by atoms with Crippen LogP contribution in [-0.4, -0.2) is 23.7 Å². The molecule has 0 N–H and O–H groups in total. The van der Waals surface area contributed by atoms with Crippen molar-refractivity contribution < 1.29 is 13.2 Å². The molecule has 1 aromatic rings. The van der Waals surface area contributed by atoms with Gasteiger partial charge in [0.25, 0.3) is 0 Å². The van der Waals surface area contributed by atoms with Crippen LogP contribution in [0.25, 0.3) is 0 Å². The Morgan fingerprint density at radius 1 is 1.38 bits per heavy atom. The summed E-state index contributed by atoms with van der Waals surface area (Å²) in [5, 5.41) is 0. The summed E-state index contributed by atoms with van der Waals surface area (Å²) in [7, 11) is 0. The van der Waals surface area contributed by atoms with Crippen molar-refractivity contribution in [2.75, 3.05) is 11.4 Å². The topological polar surface area (TPSA) is 16.1 Å². The van der Waals surface area contributed by atoms with E-state index in [4.69, 9.17) is 0 Å². The Morgan fingerprint density at radius 2 is 2.06 bits per heavy atom. The average Bonchev–Trinajstić information content (AvgIpc) is 2.96. The van der Waals surface area contributed by atoms with Gasteiger partial charge in [0.1, 0.15) is 17.0 Å². The number of rotatable bonds is 3. The van der Waals surface area contributed by atoms with Crippen molar-refractivity contribution in [3.05, 3.63) is 22.8 Å². The first-order valence-electron chi connectivity index (χ1n) is 4.92. The van der Waals surface area contributed by atoms with Gasteiger partial charge in [-0.2, -0.15) is 13.2 Å². The van der Waals surface area contributed by atoms with Crippen LogP contribution < -0.4 is 4.90 Å². The van der Waals surface area contributed by atoms with Gasteiger partial charge in [0.2, 0.25) is 0 Å². The summed E-state index contributed by atoms with van der Waals surface area (Å²) < 4.78 is 37.8. The van der Waals surface area contributed by atoms with Crippen molar-refractivity contribution in [1.82, 2.24) is 4.98 Å². The zero-order valence-corrected chi connectivity index (χ0v) is 9.92. The fourth-order valence-electron chi connectivity index (χ4n) is 1.53. The van der Waals surface area contributed by atoms with Crippen molar-refractivity contribution >= 4 is 21.7 Å². The van der Waals surface area contributed by atoms with Gasteiger partial charge in [-0.05, 0) is 40.9 Å². The van der Waals surface area contributed by atoms with E-state index in [9.17, 15) is 13.2 Å². The number of nitrogens with zero attached hydrogens (tertiary/aromatic N) is 2. The summed E-state index contributed by atoms with van der Waals surface area (Å²) in [5.74, 6) is 0.384. The fraction of sp³-hybridized carbons (Fsp3) is 0.500. The number of hydrogen-bond donors (Lipinski definition) is 0. The van der Waals surface area contributed by atoms with Crippen LogP contribution in [0.3, 0.4) is 0 Å². The van der Waals surface area contributed by atoms with E-state index in [0.717, 1.165) is 12.8 Å². The molecule has 1 heterocycles. The largest absolute Gasteiger partial charge is 0.405 e. The predicted molar refractivity (Wildman–Crippen MR) is 58.4 cm³/mol. The fourth-order valence-corrected chi connectivity index (χ4v) is 1.87. The Hall–Kier alpha value is -0.780. The summed E-state index contributed by atoms with van der Waals surface area (Å²) in [6.07, 6.45) is -2.57. The third-order valence-corrected chi connectivity index (χ3v) is 2.77. The van der Waals surface area contributed by atoms with Crippen molar-refractivity contribution in [3.63, 3.8) is 0 Å². The van der Waals surface area contributed by atoms with E-state index in [2.05, 4.69) is 20.9 Å². The van der Waals surface area contributed by atoms with Crippen LogP contribution in [0.1, 0.15) is 12.8 Å². The number of hydrogen-bond acceptors (Lipinski definition) is 2. The molecule has 0 unspecified atom stereocenters. The molecule has 1 fully saturated rings. The molecule has 0 saturated heterocycles. The highest BCUT2D eigenvalue weighted by molar-refractivity contribution is 9.10. The van der Waals surface area contributed by atoms with Crippen molar-refractivity contribution in [1.29, 1.82) is 0 Å². The molecule has 0 atom stereocenters. The third-order valence-electron chi connectivity index (χ3n) is 2.33. The van der Waals surface area contributed by atoms with E-state index < -0.39 is 12.7 Å². The molecule has 1 aliphatic carbocycles. The number of anilines is 1. The minimum Gasteiger partial charge on any atom is -0.344 e. The predicted octanol–water partition coefficient (Wildman–Crippen LogP) is 3.38. The number of alkyl halides is 3. The quantitative estimate of drug-likeness (QED) is 0.795. The SMILES string of the molecule is FC(F)(F)CN(c1cccc(Br)n1)C1CC1. The van der Waals surface area contributed by atoms with E-state index in [1.807, 2.05) is 0 Å². The second-order valence-corrected chi connectivity index (χ2v) is 4.61. The maximum absolute atomic E-state index is 12.4. The maximum atomic E-state index is 12.4. The minimum absolute atomic E-state index is 0.0107. The Kier molecular flexibility index (Phi) is 3.10. The molecule has 0 radical (unpaired) electrons. The number of aromatic nitrogens is 1. The number of pyridine rings is 1. The second-order valence-electron chi connectivity index (χ2n) is 3.79. The Bertz CT molecular complexity index is 377. The van der Waals surface area contributed by atoms with Crippen LogP contribution in [0.4, 0.5) is 19.0 Å². The van der Waals surface area contributed by atoms with E-state index in [0.29, 0.717) is 10.4 Å². The van der Waals surface area contributed by atoms with E-state index >= 15 is 0 Å². The lowest BCUT2D eigenvalue weighted by molar-refractivity contribution is -0.120. The molecule has 6 heteroatoms. The summed E-state index contributed by atoms with van der Waals surface area (Å²) >= 11 is 3.16. The van der Waals surface area contributed by atoms with Crippen LogP contribution in [0, 0.1) is 0 Å². The Morgan fingerprint density at radius 3 is 2.56 bits per heavy atom. The average molecular weight is 295 g/mol. The lowest BCUT2D eigenvalue weighted by atomic mass is 10.4. The van der Waals surface area contributed by atoms with Gasteiger partial charge in [0.15, 0.2) is 0 Å². The smallest absolute Gasteiger partial charge is 0.344 e. The van der Waals surface area contributed by atoms with E-state index in [1.165, 1.54) is 4.90 Å². The van der Waals surface area contributed by atoms with E-state index in [1.54, 1.807) is 18.2 Å². The third kappa shape index (κ3) is 3.10. The molecule has 1 aliphatic rings. The van der Waals surface area contributed by atoms with Crippen molar-refractivity contribution in [2.24, 2.45) is 0 Å². The summed E-state index contributed by atoms with van der Waals surface area (Å²) in [5.41, 5.74) is 0. The van der Waals surface area contributed by atoms with Crippen LogP contribution >= 0.6 is 15.9 Å². The van der Waals surface area contributed by atoms with Crippen LogP contribution in [0.2, 0.25) is 0 Å². The molecule has 0 aromatic carbocycles. The molecule has 0 amide bonds. The van der Waals surface area contributed by atoms with Gasteiger partial charge in [-0.3, -0.25) is 0 Å². The monoisotopic (exact) mass is 294 g/mol. The zero-order chi connectivity index (χ0) is 11.8. The standard InChI is InChI=1S/C10H10BrF3N2/c11-8-2-1-3-9(15-8)16(7-4-5-7)6-10(12,13)14/h1-3,7H,4-6H2. The normalized spacial score (nSPS) is 16.2. The molecule has 88 valence electrons. The van der Waals surface area contributed by atoms with Crippen LogP contribution in [0.15, 0.2) is 22.8 Å². The maximum Gasteiger partial charge on any atom is 0.405 e. The molecular formula is C10H10BrF3N2. The first-order chi connectivity index (χ1) is 7.46. The highest BCUT2D eigenvalue weighted by Crippen LogP contribution is 2.33. The van der Waals surface area contributed by atoms with Crippen molar-refractivity contribution in [3.8, 4) is 0 Å². The van der Waals surface area contributed by atoms with Gasteiger partial charge in [0.05, 0.1) is 0 Å². The van der Waals surface area contributed by atoms with Crippen LogP contribution in [0.5, 0.6) is 0 Å². The van der Waals surface area contributed by atoms with Crippen molar-refractivity contribution in [2.45, 2.75) is 25.1 Å². The summed E-state index contributed by atoms with van der Waals surface area (Å²) in [6.45, 7) is -0.929. The molecular weight excluding hydrogens is 285 g/mol. The molecule has 0 bridgehead atoms. The lowest BCUT2D eigenvalue weighted by Crippen LogP contribution is -2.36. The molecule has 1 saturated carbocycles. The lowest BCUT2D eigenvalue weighted by Gasteiger charge is -2.24. The molecule has 2 nitrogen and oxygen atoms in total. The van der Waals surface area contributed by atoms with Gasteiger partial charge >= 0.3 is 6.18 Å². The van der Waals surface area contributed by atoms with Gasteiger partial charge in [-0.15, -0.1) is 0 Å². The van der Waals surface area contributed by atoms with Crippen LogP contribution in [-0.2, 0) is 0 Å². The number of halogens is 4. The van der Waals surface area contributed by atoms with Gasteiger partial charge in [-0.25, -0.2) is 4.98 Å². The molecule has 0 aliphatic heterocycles. The highest BCUT2D eigenvalue weighted by Gasteiger charge is 2.38. The molecule has 16 heavy (non-hydrogen) atoms. The van der Waals surface area contributed by atoms with E-state index in [-0.39, 0.29) is 6.04 Å². The van der Waals surface area contributed by atoms with Gasteiger partial charge in [0, 0.05) is 6.04 Å². The highest BCUT2D eigenvalue weighted by atomic mass is 79.9.